The third-order valence-corrected chi connectivity index (χ3v) is 6.85. The van der Waals surface area contributed by atoms with Crippen molar-refractivity contribution < 1.29 is 19.1 Å². The minimum atomic E-state index is 0.00486. The number of likely N-dealkylation sites (N-methyl/N-ethyl adjacent to an activating group) is 1. The highest BCUT2D eigenvalue weighted by Gasteiger charge is 2.24. The van der Waals surface area contributed by atoms with E-state index in [0.29, 0.717) is 55.8 Å². The molecule has 0 fully saturated rings. The Morgan fingerprint density at radius 2 is 1.78 bits per heavy atom. The summed E-state index contributed by atoms with van der Waals surface area (Å²) < 4.78 is 11.3. The van der Waals surface area contributed by atoms with Gasteiger partial charge in [-0.15, -0.1) is 0 Å². The fourth-order valence-electron chi connectivity index (χ4n) is 4.70. The monoisotopic (exact) mass is 513 g/mol. The van der Waals surface area contributed by atoms with Crippen LogP contribution in [0.25, 0.3) is 0 Å². The zero-order valence-corrected chi connectivity index (χ0v) is 22.2. The largest absolute Gasteiger partial charge is 0.486 e. The Balaban J connectivity index is 1.60. The van der Waals surface area contributed by atoms with Crippen molar-refractivity contribution in [3.05, 3.63) is 52.5 Å². The molecule has 0 bridgehead atoms. The Labute approximate surface area is 218 Å². The fraction of sp³-hybridized carbons (Fsp3) is 0.500. The summed E-state index contributed by atoms with van der Waals surface area (Å²) in [5.41, 5.74) is 2.67. The molecule has 2 aromatic rings. The standard InChI is InChI=1S/C28H36ClN3O4/c1-20(2)15-27(34)32-10-6-9-30(3)11-12-31(19-22-7-4-5-8-24(22)32)26(33)18-21-16-23(29)28-25(17-21)35-13-14-36-28/h4-5,7-8,16-17,20H,6,9-15,18-19H2,1-3H3. The third-order valence-electron chi connectivity index (χ3n) is 6.57. The molecule has 8 heteroatoms. The van der Waals surface area contributed by atoms with Crippen molar-refractivity contribution >= 4 is 29.1 Å². The number of ether oxygens (including phenoxy) is 2. The minimum Gasteiger partial charge on any atom is -0.486 e. The number of para-hydroxylation sites is 1. The molecular formula is C28H36ClN3O4. The second kappa shape index (κ2) is 12.0. The number of anilines is 1. The summed E-state index contributed by atoms with van der Waals surface area (Å²) in [6.07, 6.45) is 1.58. The summed E-state index contributed by atoms with van der Waals surface area (Å²) in [6, 6.07) is 11.6. The van der Waals surface area contributed by atoms with Crippen LogP contribution in [-0.4, -0.2) is 68.1 Å². The lowest BCUT2D eigenvalue weighted by Gasteiger charge is -2.28. The zero-order chi connectivity index (χ0) is 25.7. The minimum absolute atomic E-state index is 0.00486. The predicted octanol–water partition coefficient (Wildman–Crippen LogP) is 4.40. The molecule has 0 atom stereocenters. The number of rotatable bonds is 4. The van der Waals surface area contributed by atoms with E-state index in [-0.39, 0.29) is 24.2 Å². The van der Waals surface area contributed by atoms with Gasteiger partial charge in [-0.2, -0.15) is 0 Å². The number of carbonyl (C=O) groups is 2. The van der Waals surface area contributed by atoms with Crippen LogP contribution in [0.3, 0.4) is 0 Å². The van der Waals surface area contributed by atoms with Crippen LogP contribution in [0.2, 0.25) is 5.02 Å². The van der Waals surface area contributed by atoms with Gasteiger partial charge in [-0.25, -0.2) is 0 Å². The Morgan fingerprint density at radius 3 is 2.58 bits per heavy atom. The lowest BCUT2D eigenvalue weighted by molar-refractivity contribution is -0.131. The molecule has 2 aliphatic heterocycles. The number of amides is 2. The first kappa shape index (κ1) is 26.3. The third kappa shape index (κ3) is 6.51. The van der Waals surface area contributed by atoms with Crippen LogP contribution in [0.5, 0.6) is 11.5 Å². The molecule has 36 heavy (non-hydrogen) atoms. The number of fused-ring (bicyclic) bond motifs is 2. The Bertz CT molecular complexity index is 1090. The van der Waals surface area contributed by atoms with E-state index in [9.17, 15) is 9.59 Å². The molecule has 2 aliphatic rings. The van der Waals surface area contributed by atoms with Gasteiger partial charge < -0.3 is 24.2 Å². The molecule has 2 heterocycles. The summed E-state index contributed by atoms with van der Waals surface area (Å²) in [4.78, 5) is 32.8. The van der Waals surface area contributed by atoms with Gasteiger partial charge in [0.15, 0.2) is 11.5 Å². The quantitative estimate of drug-likeness (QED) is 0.606. The van der Waals surface area contributed by atoms with Crippen molar-refractivity contribution in [1.29, 1.82) is 0 Å². The first-order chi connectivity index (χ1) is 17.3. The van der Waals surface area contributed by atoms with Crippen molar-refractivity contribution in [3.63, 3.8) is 0 Å². The van der Waals surface area contributed by atoms with Crippen molar-refractivity contribution in [1.82, 2.24) is 9.80 Å². The summed E-state index contributed by atoms with van der Waals surface area (Å²) in [5.74, 6) is 1.53. The Hall–Kier alpha value is -2.77. The molecule has 0 saturated heterocycles. The summed E-state index contributed by atoms with van der Waals surface area (Å²) >= 11 is 6.42. The van der Waals surface area contributed by atoms with Crippen LogP contribution in [0.15, 0.2) is 36.4 Å². The van der Waals surface area contributed by atoms with E-state index in [2.05, 4.69) is 25.8 Å². The number of nitrogens with zero attached hydrogens (tertiary/aromatic N) is 3. The summed E-state index contributed by atoms with van der Waals surface area (Å²) in [7, 11) is 2.06. The van der Waals surface area contributed by atoms with Crippen LogP contribution in [-0.2, 0) is 22.6 Å². The van der Waals surface area contributed by atoms with E-state index >= 15 is 0 Å². The lowest BCUT2D eigenvalue weighted by Crippen LogP contribution is -2.38. The molecule has 0 unspecified atom stereocenters. The molecule has 0 aromatic heterocycles. The first-order valence-electron chi connectivity index (χ1n) is 12.7. The van der Waals surface area contributed by atoms with Crippen LogP contribution in [0.1, 0.15) is 37.8 Å². The molecule has 2 aromatic carbocycles. The van der Waals surface area contributed by atoms with Gasteiger partial charge in [0.2, 0.25) is 11.8 Å². The van der Waals surface area contributed by atoms with Gasteiger partial charge >= 0.3 is 0 Å². The van der Waals surface area contributed by atoms with E-state index in [1.807, 2.05) is 40.1 Å². The van der Waals surface area contributed by atoms with Crippen molar-refractivity contribution in [3.8, 4) is 11.5 Å². The highest BCUT2D eigenvalue weighted by atomic mass is 35.5. The molecule has 7 nitrogen and oxygen atoms in total. The Kier molecular flexibility index (Phi) is 8.75. The van der Waals surface area contributed by atoms with E-state index in [4.69, 9.17) is 21.1 Å². The van der Waals surface area contributed by atoms with Gasteiger partial charge in [-0.3, -0.25) is 9.59 Å². The molecule has 4 rings (SSSR count). The Morgan fingerprint density at radius 1 is 1.00 bits per heavy atom. The SMILES string of the molecule is CC(C)CC(=O)N1CCCN(C)CCN(C(=O)Cc2cc(Cl)c3c(c2)OCCO3)Cc2ccccc21. The van der Waals surface area contributed by atoms with E-state index < -0.39 is 0 Å². The maximum Gasteiger partial charge on any atom is 0.227 e. The highest BCUT2D eigenvalue weighted by Crippen LogP contribution is 2.38. The van der Waals surface area contributed by atoms with Crippen molar-refractivity contribution in [2.24, 2.45) is 5.92 Å². The van der Waals surface area contributed by atoms with Crippen LogP contribution >= 0.6 is 11.6 Å². The average molecular weight is 514 g/mol. The highest BCUT2D eigenvalue weighted by molar-refractivity contribution is 6.32. The molecule has 0 spiro atoms. The van der Waals surface area contributed by atoms with Crippen LogP contribution in [0, 0.1) is 5.92 Å². The zero-order valence-electron chi connectivity index (χ0n) is 21.5. The molecule has 2 amide bonds. The molecular weight excluding hydrogens is 478 g/mol. The first-order valence-corrected chi connectivity index (χ1v) is 13.1. The molecule has 0 radical (unpaired) electrons. The van der Waals surface area contributed by atoms with Gasteiger partial charge in [0, 0.05) is 38.3 Å². The molecule has 194 valence electrons. The van der Waals surface area contributed by atoms with E-state index in [0.717, 1.165) is 36.3 Å². The van der Waals surface area contributed by atoms with E-state index in [1.165, 1.54) is 0 Å². The number of benzene rings is 2. The normalized spacial score (nSPS) is 16.9. The van der Waals surface area contributed by atoms with Gasteiger partial charge in [0.1, 0.15) is 13.2 Å². The smallest absolute Gasteiger partial charge is 0.227 e. The van der Waals surface area contributed by atoms with Gasteiger partial charge in [0.25, 0.3) is 0 Å². The summed E-state index contributed by atoms with van der Waals surface area (Å²) in [6.45, 7) is 8.36. The second-order valence-corrected chi connectivity index (χ2v) is 10.4. The number of hydrogen-bond acceptors (Lipinski definition) is 5. The van der Waals surface area contributed by atoms with Gasteiger partial charge in [-0.05, 0) is 55.3 Å². The fourth-order valence-corrected chi connectivity index (χ4v) is 4.99. The maximum atomic E-state index is 13.6. The molecule has 0 N–H and O–H groups in total. The maximum absolute atomic E-state index is 13.6. The average Bonchev–Trinajstić information content (AvgIpc) is 2.87. The number of carbonyl (C=O) groups excluding carboxylic acids is 2. The van der Waals surface area contributed by atoms with E-state index in [1.54, 1.807) is 6.07 Å². The topological polar surface area (TPSA) is 62.3 Å². The molecule has 0 aliphatic carbocycles. The van der Waals surface area contributed by atoms with Crippen molar-refractivity contribution in [2.45, 2.75) is 39.7 Å². The number of halogens is 1. The molecule has 0 saturated carbocycles. The second-order valence-electron chi connectivity index (χ2n) is 10.0. The van der Waals surface area contributed by atoms with Gasteiger partial charge in [0.05, 0.1) is 11.4 Å². The van der Waals surface area contributed by atoms with Crippen LogP contribution in [0.4, 0.5) is 5.69 Å². The van der Waals surface area contributed by atoms with Gasteiger partial charge in [-0.1, -0.05) is 43.6 Å². The summed E-state index contributed by atoms with van der Waals surface area (Å²) in [5, 5.41) is 0.455. The number of hydrogen-bond donors (Lipinski definition) is 0. The lowest BCUT2D eigenvalue weighted by atomic mass is 10.1. The predicted molar refractivity (Wildman–Crippen MR) is 142 cm³/mol. The van der Waals surface area contributed by atoms with Crippen LogP contribution < -0.4 is 14.4 Å². The van der Waals surface area contributed by atoms with Crippen molar-refractivity contribution in [2.75, 3.05) is 51.3 Å².